The Morgan fingerprint density at radius 3 is 2.94 bits per heavy atom. The lowest BCUT2D eigenvalue weighted by atomic mass is 10.0. The molecule has 1 aromatic rings. The molecule has 2 unspecified atom stereocenters. The van der Waals surface area contributed by atoms with Crippen molar-refractivity contribution in [3.63, 3.8) is 0 Å². The van der Waals surface area contributed by atoms with Crippen LogP contribution in [0.2, 0.25) is 4.34 Å². The molecular weight excluding hydrogens is 254 g/mol. The molecule has 1 saturated heterocycles. The molecule has 0 bridgehead atoms. The zero-order valence-corrected chi connectivity index (χ0v) is 12.0. The van der Waals surface area contributed by atoms with E-state index in [4.69, 9.17) is 16.3 Å². The Morgan fingerprint density at radius 1 is 1.59 bits per heavy atom. The minimum atomic E-state index is 0.302. The molecule has 2 heterocycles. The van der Waals surface area contributed by atoms with E-state index in [-0.39, 0.29) is 0 Å². The highest BCUT2D eigenvalue weighted by Gasteiger charge is 2.26. The van der Waals surface area contributed by atoms with Gasteiger partial charge in [-0.1, -0.05) is 18.5 Å². The lowest BCUT2D eigenvalue weighted by Gasteiger charge is -2.30. The normalized spacial score (nSPS) is 22.6. The quantitative estimate of drug-likeness (QED) is 0.898. The SMILES string of the molecule is CCNC(c1cc(C)c(Cl)s1)C1CCCCO1. The third kappa shape index (κ3) is 3.22. The van der Waals surface area contributed by atoms with Crippen LogP contribution in [-0.2, 0) is 4.74 Å². The Kier molecular flexibility index (Phi) is 4.86. The van der Waals surface area contributed by atoms with Crippen LogP contribution in [0.25, 0.3) is 0 Å². The standard InChI is InChI=1S/C13H20ClNOS/c1-3-15-12(10-6-4-5-7-16-10)11-8-9(2)13(14)17-11/h8,10,12,15H,3-7H2,1-2H3. The molecule has 0 aromatic carbocycles. The van der Waals surface area contributed by atoms with Crippen molar-refractivity contribution in [1.82, 2.24) is 5.32 Å². The van der Waals surface area contributed by atoms with Gasteiger partial charge < -0.3 is 10.1 Å². The van der Waals surface area contributed by atoms with E-state index in [2.05, 4.69) is 25.2 Å². The second-order valence-corrected chi connectivity index (χ2v) is 6.23. The molecule has 0 radical (unpaired) electrons. The molecule has 17 heavy (non-hydrogen) atoms. The summed E-state index contributed by atoms with van der Waals surface area (Å²) < 4.78 is 6.80. The molecule has 4 heteroatoms. The molecule has 1 aliphatic heterocycles. The summed E-state index contributed by atoms with van der Waals surface area (Å²) in [5, 5.41) is 3.54. The van der Waals surface area contributed by atoms with Crippen LogP contribution in [0.5, 0.6) is 0 Å². The molecule has 2 nitrogen and oxygen atoms in total. The molecule has 2 rings (SSSR count). The predicted molar refractivity (Wildman–Crippen MR) is 74.1 cm³/mol. The van der Waals surface area contributed by atoms with Crippen LogP contribution in [0.15, 0.2) is 6.07 Å². The number of thiophene rings is 1. The summed E-state index contributed by atoms with van der Waals surface area (Å²) in [7, 11) is 0. The van der Waals surface area contributed by atoms with Crippen molar-refractivity contribution < 1.29 is 4.74 Å². The van der Waals surface area contributed by atoms with Crippen LogP contribution in [0.1, 0.15) is 42.7 Å². The van der Waals surface area contributed by atoms with Gasteiger partial charge in [0.05, 0.1) is 16.5 Å². The summed E-state index contributed by atoms with van der Waals surface area (Å²) in [6.45, 7) is 6.05. The molecule has 0 spiro atoms. The number of hydrogen-bond donors (Lipinski definition) is 1. The number of nitrogens with one attached hydrogen (secondary N) is 1. The molecule has 1 aromatic heterocycles. The molecule has 1 fully saturated rings. The first-order chi connectivity index (χ1) is 8.22. The van der Waals surface area contributed by atoms with E-state index >= 15 is 0 Å². The fourth-order valence-electron chi connectivity index (χ4n) is 2.30. The van der Waals surface area contributed by atoms with Gasteiger partial charge >= 0.3 is 0 Å². The second kappa shape index (κ2) is 6.19. The van der Waals surface area contributed by atoms with Crippen LogP contribution in [0.3, 0.4) is 0 Å². The maximum absolute atomic E-state index is 6.16. The Hall–Kier alpha value is -0.0900. The highest BCUT2D eigenvalue weighted by Crippen LogP contribution is 2.35. The number of likely N-dealkylation sites (N-methyl/N-ethyl adjacent to an activating group) is 1. The van der Waals surface area contributed by atoms with Crippen molar-refractivity contribution in [1.29, 1.82) is 0 Å². The lowest BCUT2D eigenvalue weighted by molar-refractivity contribution is -0.00712. The van der Waals surface area contributed by atoms with Crippen molar-refractivity contribution in [3.05, 3.63) is 20.8 Å². The van der Waals surface area contributed by atoms with Crippen molar-refractivity contribution in [2.45, 2.75) is 45.3 Å². The monoisotopic (exact) mass is 273 g/mol. The fraction of sp³-hybridized carbons (Fsp3) is 0.692. The van der Waals surface area contributed by atoms with Gasteiger partial charge in [0.25, 0.3) is 0 Å². The Morgan fingerprint density at radius 2 is 2.41 bits per heavy atom. The van der Waals surface area contributed by atoms with Crippen LogP contribution in [0, 0.1) is 6.92 Å². The topological polar surface area (TPSA) is 21.3 Å². The van der Waals surface area contributed by atoms with E-state index in [9.17, 15) is 0 Å². The first kappa shape index (κ1) is 13.3. The average molecular weight is 274 g/mol. The lowest BCUT2D eigenvalue weighted by Crippen LogP contribution is -2.35. The predicted octanol–water partition coefficient (Wildman–Crippen LogP) is 3.93. The van der Waals surface area contributed by atoms with Crippen LogP contribution >= 0.6 is 22.9 Å². The molecule has 1 N–H and O–H groups in total. The summed E-state index contributed by atoms with van der Waals surface area (Å²) in [4.78, 5) is 1.31. The maximum atomic E-state index is 6.16. The molecule has 0 aliphatic carbocycles. The van der Waals surface area contributed by atoms with E-state index in [1.807, 2.05) is 0 Å². The number of halogens is 1. The molecule has 0 amide bonds. The van der Waals surface area contributed by atoms with Crippen molar-refractivity contribution >= 4 is 22.9 Å². The van der Waals surface area contributed by atoms with Crippen molar-refractivity contribution in [2.24, 2.45) is 0 Å². The third-order valence-corrected chi connectivity index (χ3v) is 4.83. The summed E-state index contributed by atoms with van der Waals surface area (Å²) in [5.74, 6) is 0. The fourth-order valence-corrected chi connectivity index (χ4v) is 3.65. The van der Waals surface area contributed by atoms with E-state index in [0.717, 1.165) is 23.9 Å². The average Bonchev–Trinajstić information content (AvgIpc) is 2.67. The van der Waals surface area contributed by atoms with Crippen LogP contribution in [0.4, 0.5) is 0 Å². The number of rotatable bonds is 4. The van der Waals surface area contributed by atoms with Gasteiger partial charge in [-0.2, -0.15) is 0 Å². The Bertz CT molecular complexity index is 341. The number of aryl methyl sites for hydroxylation is 1. The first-order valence-electron chi connectivity index (χ1n) is 6.33. The molecule has 0 saturated carbocycles. The molecule has 2 atom stereocenters. The summed E-state index contributed by atoms with van der Waals surface area (Å²) >= 11 is 7.84. The summed E-state index contributed by atoms with van der Waals surface area (Å²) in [6.07, 6.45) is 3.91. The zero-order valence-electron chi connectivity index (χ0n) is 10.5. The van der Waals surface area contributed by atoms with Gasteiger partial charge in [-0.25, -0.2) is 0 Å². The minimum Gasteiger partial charge on any atom is -0.376 e. The van der Waals surface area contributed by atoms with Gasteiger partial charge in [-0.3, -0.25) is 0 Å². The van der Waals surface area contributed by atoms with Gasteiger partial charge in [0.1, 0.15) is 0 Å². The van der Waals surface area contributed by atoms with E-state index in [0.29, 0.717) is 12.1 Å². The van der Waals surface area contributed by atoms with Crippen LogP contribution in [-0.4, -0.2) is 19.3 Å². The van der Waals surface area contributed by atoms with Crippen LogP contribution < -0.4 is 5.32 Å². The van der Waals surface area contributed by atoms with Crippen molar-refractivity contribution in [3.8, 4) is 0 Å². The number of ether oxygens (including phenoxy) is 1. The van der Waals surface area contributed by atoms with Gasteiger partial charge in [-0.05, 0) is 44.4 Å². The van der Waals surface area contributed by atoms with Crippen molar-refractivity contribution in [2.75, 3.05) is 13.2 Å². The third-order valence-electron chi connectivity index (χ3n) is 3.19. The van der Waals surface area contributed by atoms with E-state index in [1.165, 1.54) is 23.3 Å². The Balaban J connectivity index is 2.15. The number of hydrogen-bond acceptors (Lipinski definition) is 3. The Labute approximate surface area is 112 Å². The maximum Gasteiger partial charge on any atom is 0.0960 e. The van der Waals surface area contributed by atoms with Gasteiger partial charge in [0, 0.05) is 11.5 Å². The molecule has 1 aliphatic rings. The highest BCUT2D eigenvalue weighted by molar-refractivity contribution is 7.16. The zero-order chi connectivity index (χ0) is 12.3. The minimum absolute atomic E-state index is 0.302. The van der Waals surface area contributed by atoms with E-state index < -0.39 is 0 Å². The highest BCUT2D eigenvalue weighted by atomic mass is 35.5. The second-order valence-electron chi connectivity index (χ2n) is 4.55. The van der Waals surface area contributed by atoms with Gasteiger partial charge in [-0.15, -0.1) is 11.3 Å². The smallest absolute Gasteiger partial charge is 0.0960 e. The largest absolute Gasteiger partial charge is 0.376 e. The van der Waals surface area contributed by atoms with Gasteiger partial charge in [0.2, 0.25) is 0 Å². The summed E-state index contributed by atoms with van der Waals surface area (Å²) in [5.41, 5.74) is 1.17. The first-order valence-corrected chi connectivity index (χ1v) is 7.52. The molecule has 96 valence electrons. The summed E-state index contributed by atoms with van der Waals surface area (Å²) in [6, 6.07) is 2.50. The van der Waals surface area contributed by atoms with E-state index in [1.54, 1.807) is 11.3 Å². The molecular formula is C13H20ClNOS. The van der Waals surface area contributed by atoms with Gasteiger partial charge in [0.15, 0.2) is 0 Å².